The summed E-state index contributed by atoms with van der Waals surface area (Å²) < 4.78 is 105. The second-order valence-electron chi connectivity index (χ2n) is 5.29. The fourth-order valence-corrected chi connectivity index (χ4v) is 5.77. The van der Waals surface area contributed by atoms with Crippen molar-refractivity contribution in [2.75, 3.05) is 24.4 Å². The molecule has 0 aromatic rings. The SMILES string of the molecule is CCOS(=O)(=O)C(C)OS(=O)(=O)CCCCS(=O)(=O)OC(C)S(C)(=O)=O. The van der Waals surface area contributed by atoms with Crippen LogP contribution < -0.4 is 0 Å². The molecule has 158 valence electrons. The van der Waals surface area contributed by atoms with Crippen molar-refractivity contribution in [2.45, 2.75) is 44.5 Å². The number of sulfone groups is 1. The maximum atomic E-state index is 11.7. The third-order valence-corrected chi connectivity index (χ3v) is 8.65. The molecule has 0 aliphatic carbocycles. The minimum absolute atomic E-state index is 0.159. The molecule has 11 nitrogen and oxygen atoms in total. The zero-order valence-corrected chi connectivity index (χ0v) is 18.1. The van der Waals surface area contributed by atoms with Crippen molar-refractivity contribution >= 4 is 40.2 Å². The van der Waals surface area contributed by atoms with Crippen LogP contribution in [-0.2, 0) is 52.7 Å². The Morgan fingerprint density at radius 2 is 1.12 bits per heavy atom. The molecule has 26 heavy (non-hydrogen) atoms. The Morgan fingerprint density at radius 1 is 0.731 bits per heavy atom. The number of rotatable bonds is 13. The van der Waals surface area contributed by atoms with Crippen molar-refractivity contribution in [3.63, 3.8) is 0 Å². The third-order valence-electron chi connectivity index (χ3n) is 2.89. The van der Waals surface area contributed by atoms with Gasteiger partial charge in [0.1, 0.15) is 0 Å². The van der Waals surface area contributed by atoms with E-state index in [1.807, 2.05) is 0 Å². The van der Waals surface area contributed by atoms with Crippen LogP contribution in [0.25, 0.3) is 0 Å². The summed E-state index contributed by atoms with van der Waals surface area (Å²) in [4.78, 5) is 0. The smallest absolute Gasteiger partial charge is 0.268 e. The molecule has 0 radical (unpaired) electrons. The van der Waals surface area contributed by atoms with E-state index < -0.39 is 62.6 Å². The molecular formula is C11H24O11S4. The molecule has 0 fully saturated rings. The van der Waals surface area contributed by atoms with Gasteiger partial charge in [0.05, 0.1) is 18.1 Å². The molecular weight excluding hydrogens is 436 g/mol. The highest BCUT2D eigenvalue weighted by Gasteiger charge is 2.28. The van der Waals surface area contributed by atoms with E-state index in [2.05, 4.69) is 12.5 Å². The first-order chi connectivity index (χ1) is 11.5. The lowest BCUT2D eigenvalue weighted by molar-refractivity contribution is 0.251. The zero-order valence-electron chi connectivity index (χ0n) is 14.8. The largest absolute Gasteiger partial charge is 0.295 e. The second kappa shape index (κ2) is 9.75. The van der Waals surface area contributed by atoms with Gasteiger partial charge >= 0.3 is 0 Å². The molecule has 0 spiro atoms. The van der Waals surface area contributed by atoms with Crippen LogP contribution in [0.3, 0.4) is 0 Å². The molecule has 0 aromatic heterocycles. The number of hydrogen-bond donors (Lipinski definition) is 0. The molecule has 0 bridgehead atoms. The molecule has 0 aliphatic heterocycles. The lowest BCUT2D eigenvalue weighted by Crippen LogP contribution is -2.28. The van der Waals surface area contributed by atoms with Crippen LogP contribution in [0.1, 0.15) is 33.6 Å². The molecule has 0 saturated heterocycles. The average Bonchev–Trinajstić information content (AvgIpc) is 2.41. The molecule has 0 saturated carbocycles. The first-order valence-corrected chi connectivity index (χ1v) is 14.0. The van der Waals surface area contributed by atoms with Crippen molar-refractivity contribution in [1.29, 1.82) is 0 Å². The highest BCUT2D eigenvalue weighted by atomic mass is 32.2. The van der Waals surface area contributed by atoms with Crippen LogP contribution in [0.15, 0.2) is 0 Å². The van der Waals surface area contributed by atoms with Crippen molar-refractivity contribution in [2.24, 2.45) is 0 Å². The number of unbranched alkanes of at least 4 members (excludes halogenated alkanes) is 1. The van der Waals surface area contributed by atoms with Gasteiger partial charge in [-0.15, -0.1) is 0 Å². The predicted molar refractivity (Wildman–Crippen MR) is 93.3 cm³/mol. The van der Waals surface area contributed by atoms with Crippen LogP contribution in [0.4, 0.5) is 0 Å². The minimum Gasteiger partial charge on any atom is -0.268 e. The highest BCUT2D eigenvalue weighted by Crippen LogP contribution is 2.12. The van der Waals surface area contributed by atoms with Crippen LogP contribution in [-0.4, -0.2) is 68.9 Å². The van der Waals surface area contributed by atoms with E-state index in [-0.39, 0.29) is 19.4 Å². The Labute approximate surface area is 155 Å². The highest BCUT2D eigenvalue weighted by molar-refractivity contribution is 7.92. The van der Waals surface area contributed by atoms with Gasteiger partial charge in [-0.3, -0.25) is 8.37 Å². The quantitative estimate of drug-likeness (QED) is 0.258. The van der Waals surface area contributed by atoms with E-state index in [0.29, 0.717) is 0 Å². The molecule has 0 amide bonds. The summed E-state index contributed by atoms with van der Waals surface area (Å²) in [6.45, 7) is 3.28. The number of hydrogen-bond acceptors (Lipinski definition) is 11. The normalized spacial score (nSPS) is 16.3. The summed E-state index contributed by atoms with van der Waals surface area (Å²) in [6, 6.07) is 0. The van der Waals surface area contributed by atoms with Crippen molar-refractivity contribution in [3.8, 4) is 0 Å². The minimum atomic E-state index is -4.24. The molecule has 0 aromatic carbocycles. The Hall–Kier alpha value is -0.320. The maximum Gasteiger partial charge on any atom is 0.295 e. The van der Waals surface area contributed by atoms with Crippen molar-refractivity contribution in [1.82, 2.24) is 0 Å². The predicted octanol–water partition coefficient (Wildman–Crippen LogP) is -0.438. The summed E-state index contributed by atoms with van der Waals surface area (Å²) in [5, 5.41) is 0. The van der Waals surface area contributed by atoms with Crippen molar-refractivity contribution < 1.29 is 46.2 Å². The standard InChI is InChI=1S/C11H24O11S4/c1-5-20-26(18,19)11(3)22-25(16,17)9-7-6-8-24(14,15)21-10(2)23(4,12)13/h10-11H,5-9H2,1-4H3. The summed E-state index contributed by atoms with van der Waals surface area (Å²) in [6.07, 6.45) is 0.488. The molecule has 2 atom stereocenters. The fraction of sp³-hybridized carbons (Fsp3) is 1.00. The Balaban J connectivity index is 4.55. The van der Waals surface area contributed by atoms with Crippen LogP contribution in [0.2, 0.25) is 0 Å². The lowest BCUT2D eigenvalue weighted by Gasteiger charge is -2.13. The average molecular weight is 461 g/mol. The lowest BCUT2D eigenvalue weighted by atomic mass is 10.4. The van der Waals surface area contributed by atoms with Crippen LogP contribution >= 0.6 is 0 Å². The van der Waals surface area contributed by atoms with Gasteiger partial charge < -0.3 is 0 Å². The van der Waals surface area contributed by atoms with Crippen molar-refractivity contribution in [3.05, 3.63) is 0 Å². The van der Waals surface area contributed by atoms with Gasteiger partial charge in [0.2, 0.25) is 0 Å². The van der Waals surface area contributed by atoms with Gasteiger partial charge in [-0.25, -0.2) is 12.6 Å². The van der Waals surface area contributed by atoms with E-state index in [1.165, 1.54) is 6.92 Å². The third kappa shape index (κ3) is 10.1. The summed E-state index contributed by atoms with van der Waals surface area (Å²) in [7, 11) is -16.3. The second-order valence-corrected chi connectivity index (χ2v) is 12.9. The Kier molecular flexibility index (Phi) is 9.63. The Bertz CT molecular complexity index is 853. The van der Waals surface area contributed by atoms with E-state index in [9.17, 15) is 33.7 Å². The monoisotopic (exact) mass is 460 g/mol. The topological polar surface area (TPSA) is 164 Å². The van der Waals surface area contributed by atoms with Gasteiger partial charge in [-0.2, -0.15) is 25.3 Å². The Morgan fingerprint density at radius 3 is 1.46 bits per heavy atom. The van der Waals surface area contributed by atoms with E-state index in [0.717, 1.165) is 20.1 Å². The fourth-order valence-electron chi connectivity index (χ4n) is 1.45. The summed E-state index contributed by atoms with van der Waals surface area (Å²) in [5.74, 6) is -1.23. The molecule has 0 rings (SSSR count). The van der Waals surface area contributed by atoms with E-state index in [1.54, 1.807) is 0 Å². The van der Waals surface area contributed by atoms with Gasteiger partial charge in [-0.05, 0) is 33.6 Å². The molecule has 0 aliphatic rings. The summed E-state index contributed by atoms with van der Waals surface area (Å²) in [5.41, 5.74) is -3.29. The first kappa shape index (κ1) is 25.7. The van der Waals surface area contributed by atoms with Crippen LogP contribution in [0, 0.1) is 0 Å². The molecule has 15 heteroatoms. The van der Waals surface area contributed by atoms with E-state index >= 15 is 0 Å². The zero-order chi connectivity index (χ0) is 20.8. The molecule has 0 heterocycles. The van der Waals surface area contributed by atoms with Crippen LogP contribution in [0.5, 0.6) is 0 Å². The summed E-state index contributed by atoms with van der Waals surface area (Å²) >= 11 is 0. The van der Waals surface area contributed by atoms with Gasteiger partial charge in [0, 0.05) is 6.26 Å². The first-order valence-electron chi connectivity index (χ1n) is 7.41. The van der Waals surface area contributed by atoms with Gasteiger partial charge in [0.25, 0.3) is 30.4 Å². The molecule has 2 unspecified atom stereocenters. The van der Waals surface area contributed by atoms with E-state index in [4.69, 9.17) is 0 Å². The maximum absolute atomic E-state index is 11.7. The molecule has 0 N–H and O–H groups in total. The van der Waals surface area contributed by atoms with Gasteiger partial charge in [-0.1, -0.05) is 0 Å². The van der Waals surface area contributed by atoms with Gasteiger partial charge in [0.15, 0.2) is 20.7 Å².